The van der Waals surface area contributed by atoms with Gasteiger partial charge < -0.3 is 37.5 Å². The second-order valence-electron chi connectivity index (χ2n) is 9.93. The van der Waals surface area contributed by atoms with E-state index in [-0.39, 0.29) is 18.8 Å². The van der Waals surface area contributed by atoms with Crippen molar-refractivity contribution < 1.29 is 24.3 Å². The minimum absolute atomic E-state index is 0.234. The highest BCUT2D eigenvalue weighted by atomic mass is 32.2. The molecule has 0 aliphatic carbocycles. The Morgan fingerprint density at radius 2 is 1.67 bits per heavy atom. The number of aromatic nitrogens is 1. The lowest BCUT2D eigenvalue weighted by molar-refractivity contribution is -0.142. The zero-order valence-electron chi connectivity index (χ0n) is 22.9. The molecule has 0 bridgehead atoms. The van der Waals surface area contributed by atoms with Crippen molar-refractivity contribution in [2.75, 3.05) is 18.6 Å². The largest absolute Gasteiger partial charge is 0.480 e. The van der Waals surface area contributed by atoms with Crippen molar-refractivity contribution >= 4 is 46.4 Å². The molecule has 0 saturated heterocycles. The molecule has 4 atom stereocenters. The third-order valence-electron chi connectivity index (χ3n) is 6.50. The Hall–Kier alpha value is -3.09. The van der Waals surface area contributed by atoms with Crippen LogP contribution in [-0.4, -0.2) is 76.5 Å². The Balaban J connectivity index is 2.07. The number of hydrogen-bond acceptors (Lipinski definition) is 7. The minimum atomic E-state index is -1.15. The van der Waals surface area contributed by atoms with Gasteiger partial charge in [0, 0.05) is 17.1 Å². The fourth-order valence-corrected chi connectivity index (χ4v) is 4.69. The lowest BCUT2D eigenvalue weighted by atomic mass is 10.0. The quantitative estimate of drug-likeness (QED) is 0.139. The molecule has 0 fully saturated rings. The van der Waals surface area contributed by atoms with Crippen LogP contribution >= 0.6 is 11.8 Å². The molecule has 0 spiro atoms. The maximum atomic E-state index is 13.3. The van der Waals surface area contributed by atoms with E-state index >= 15 is 0 Å². The number of hydrogen-bond donors (Lipinski definition) is 7. The molecule has 1 aromatic carbocycles. The van der Waals surface area contributed by atoms with Crippen LogP contribution in [-0.2, 0) is 25.6 Å². The maximum Gasteiger partial charge on any atom is 0.326 e. The number of carbonyl (C=O) groups excluding carboxylic acids is 3. The van der Waals surface area contributed by atoms with Gasteiger partial charge in [0.2, 0.25) is 17.7 Å². The topological polar surface area (TPSA) is 192 Å². The van der Waals surface area contributed by atoms with Gasteiger partial charge in [0.05, 0.1) is 6.04 Å². The lowest BCUT2D eigenvalue weighted by Gasteiger charge is -2.27. The Morgan fingerprint density at radius 3 is 2.31 bits per heavy atom. The third kappa shape index (κ3) is 9.86. The van der Waals surface area contributed by atoms with Crippen LogP contribution in [0.4, 0.5) is 0 Å². The number of para-hydroxylation sites is 1. The monoisotopic (exact) mass is 562 g/mol. The molecule has 216 valence electrons. The number of fused-ring (bicyclic) bond motifs is 1. The summed E-state index contributed by atoms with van der Waals surface area (Å²) in [6.45, 7) is 3.93. The molecule has 1 heterocycles. The van der Waals surface area contributed by atoms with Gasteiger partial charge in [-0.3, -0.25) is 14.4 Å². The van der Waals surface area contributed by atoms with Crippen LogP contribution in [0, 0.1) is 5.92 Å². The van der Waals surface area contributed by atoms with Gasteiger partial charge in [0.15, 0.2) is 0 Å². The van der Waals surface area contributed by atoms with Crippen molar-refractivity contribution in [2.24, 2.45) is 17.4 Å². The van der Waals surface area contributed by atoms with E-state index in [1.807, 2.05) is 36.7 Å². The summed E-state index contributed by atoms with van der Waals surface area (Å²) in [6.07, 6.45) is 5.75. The summed E-state index contributed by atoms with van der Waals surface area (Å²) in [5.74, 6) is -2.48. The molecular weight excluding hydrogens is 520 g/mol. The number of nitrogens with one attached hydrogen (secondary N) is 4. The van der Waals surface area contributed by atoms with E-state index in [1.54, 1.807) is 13.8 Å². The summed E-state index contributed by atoms with van der Waals surface area (Å²) in [5.41, 5.74) is 13.5. The van der Waals surface area contributed by atoms with Gasteiger partial charge >= 0.3 is 5.97 Å². The Labute approximate surface area is 233 Å². The number of carboxylic acid groups (broad SMARTS) is 1. The summed E-state index contributed by atoms with van der Waals surface area (Å²) in [6, 6.07) is 3.85. The molecule has 0 aliphatic heterocycles. The SMILES string of the molecule is CSCCC(NC(=O)C(N)Cc1c[nH]c2ccccc12)C(=O)NC(C(=O)NC(CCCCN)C(=O)O)C(C)C. The van der Waals surface area contributed by atoms with Gasteiger partial charge in [-0.2, -0.15) is 11.8 Å². The number of benzene rings is 1. The molecule has 39 heavy (non-hydrogen) atoms. The molecule has 11 nitrogen and oxygen atoms in total. The Morgan fingerprint density at radius 1 is 0.974 bits per heavy atom. The first-order valence-corrected chi connectivity index (χ1v) is 14.6. The third-order valence-corrected chi connectivity index (χ3v) is 7.15. The number of H-pyrrole nitrogens is 1. The maximum absolute atomic E-state index is 13.3. The summed E-state index contributed by atoms with van der Waals surface area (Å²) >= 11 is 1.52. The Kier molecular flexibility index (Phi) is 13.3. The average Bonchev–Trinajstić information content (AvgIpc) is 3.31. The number of aliphatic carboxylic acids is 1. The Bertz CT molecular complexity index is 1110. The molecule has 0 saturated carbocycles. The number of rotatable bonds is 17. The zero-order chi connectivity index (χ0) is 28.9. The van der Waals surface area contributed by atoms with Crippen molar-refractivity contribution in [3.63, 3.8) is 0 Å². The highest BCUT2D eigenvalue weighted by Crippen LogP contribution is 2.19. The number of amides is 3. The van der Waals surface area contributed by atoms with Gasteiger partial charge in [-0.15, -0.1) is 0 Å². The van der Waals surface area contributed by atoms with Gasteiger partial charge in [-0.05, 0) is 68.2 Å². The molecule has 4 unspecified atom stereocenters. The highest BCUT2D eigenvalue weighted by Gasteiger charge is 2.31. The fraction of sp³-hybridized carbons (Fsp3) is 0.556. The van der Waals surface area contributed by atoms with Gasteiger partial charge in [-0.25, -0.2) is 4.79 Å². The van der Waals surface area contributed by atoms with E-state index in [0.717, 1.165) is 16.5 Å². The molecule has 0 radical (unpaired) electrons. The van der Waals surface area contributed by atoms with E-state index in [0.29, 0.717) is 31.6 Å². The number of aromatic amines is 1. The average molecular weight is 563 g/mol. The van der Waals surface area contributed by atoms with E-state index in [9.17, 15) is 24.3 Å². The lowest BCUT2D eigenvalue weighted by Crippen LogP contribution is -2.58. The van der Waals surface area contributed by atoms with Crippen molar-refractivity contribution in [1.82, 2.24) is 20.9 Å². The standard InChI is InChI=1S/C27H42N6O5S/c1-16(2)23(26(36)32-22(27(37)38)10-6-7-12-28)33-25(35)21(11-13-39-3)31-24(34)19(29)14-17-15-30-20-9-5-4-8-18(17)20/h4-5,8-9,15-16,19,21-23,30H,6-7,10-14,28-29H2,1-3H3,(H,31,34)(H,32,36)(H,33,35)(H,37,38). The molecule has 9 N–H and O–H groups in total. The molecule has 12 heteroatoms. The first-order valence-electron chi connectivity index (χ1n) is 13.2. The van der Waals surface area contributed by atoms with Crippen LogP contribution < -0.4 is 27.4 Å². The smallest absolute Gasteiger partial charge is 0.326 e. The summed E-state index contributed by atoms with van der Waals surface area (Å²) in [5, 5.41) is 18.5. The fourth-order valence-electron chi connectivity index (χ4n) is 4.21. The first kappa shape index (κ1) is 32.1. The molecule has 0 aliphatic rings. The number of unbranched alkanes of at least 4 members (excludes halogenated alkanes) is 1. The highest BCUT2D eigenvalue weighted by molar-refractivity contribution is 7.98. The van der Waals surface area contributed by atoms with Crippen LogP contribution in [0.5, 0.6) is 0 Å². The molecular formula is C27H42N6O5S. The predicted molar refractivity (Wildman–Crippen MR) is 154 cm³/mol. The van der Waals surface area contributed by atoms with Crippen LogP contribution in [0.3, 0.4) is 0 Å². The number of thioether (sulfide) groups is 1. The van der Waals surface area contributed by atoms with Crippen molar-refractivity contribution in [2.45, 2.75) is 70.1 Å². The number of carboxylic acids is 1. The van der Waals surface area contributed by atoms with Gasteiger partial charge in [0.25, 0.3) is 0 Å². The summed E-state index contributed by atoms with van der Waals surface area (Å²) in [4.78, 5) is 54.1. The van der Waals surface area contributed by atoms with E-state index in [1.165, 1.54) is 11.8 Å². The number of carbonyl (C=O) groups is 4. The van der Waals surface area contributed by atoms with Gasteiger partial charge in [-0.1, -0.05) is 32.0 Å². The van der Waals surface area contributed by atoms with Crippen molar-refractivity contribution in [3.05, 3.63) is 36.0 Å². The van der Waals surface area contributed by atoms with Crippen molar-refractivity contribution in [1.29, 1.82) is 0 Å². The number of nitrogens with two attached hydrogens (primary N) is 2. The normalized spacial score (nSPS) is 14.4. The van der Waals surface area contributed by atoms with Crippen LogP contribution in [0.2, 0.25) is 0 Å². The molecule has 3 amide bonds. The zero-order valence-corrected chi connectivity index (χ0v) is 23.7. The van der Waals surface area contributed by atoms with E-state index in [4.69, 9.17) is 11.5 Å². The molecule has 2 rings (SSSR count). The van der Waals surface area contributed by atoms with Crippen LogP contribution in [0.1, 0.15) is 45.1 Å². The molecule has 1 aromatic heterocycles. The summed E-state index contributed by atoms with van der Waals surface area (Å²) < 4.78 is 0. The van der Waals surface area contributed by atoms with E-state index < -0.39 is 47.9 Å². The summed E-state index contributed by atoms with van der Waals surface area (Å²) in [7, 11) is 0. The van der Waals surface area contributed by atoms with Gasteiger partial charge in [0.1, 0.15) is 18.1 Å². The molecule has 2 aromatic rings. The second-order valence-corrected chi connectivity index (χ2v) is 10.9. The predicted octanol–water partition coefficient (Wildman–Crippen LogP) is 1.11. The second kappa shape index (κ2) is 16.1. The van der Waals surface area contributed by atoms with Crippen LogP contribution in [0.25, 0.3) is 10.9 Å². The van der Waals surface area contributed by atoms with Crippen LogP contribution in [0.15, 0.2) is 30.5 Å². The minimum Gasteiger partial charge on any atom is -0.480 e. The van der Waals surface area contributed by atoms with E-state index in [2.05, 4.69) is 20.9 Å². The van der Waals surface area contributed by atoms with Crippen molar-refractivity contribution in [3.8, 4) is 0 Å². The first-order chi connectivity index (χ1) is 18.6.